The standard InChI is InChI=1S/C15H22N2O2.ClH/c1-11-5-3-4-6-13(11)12-7-8-17(9-12)15(18)14(16)10-19-2;/h3-6,12,14H,7-10,16H2,1-2H3;1H. The van der Waals surface area contributed by atoms with E-state index < -0.39 is 6.04 Å². The monoisotopic (exact) mass is 298 g/mol. The van der Waals surface area contributed by atoms with Gasteiger partial charge in [0.05, 0.1) is 6.61 Å². The molecule has 0 aromatic heterocycles. The third-order valence-electron chi connectivity index (χ3n) is 3.79. The van der Waals surface area contributed by atoms with Crippen LogP contribution in [0.1, 0.15) is 23.5 Å². The van der Waals surface area contributed by atoms with E-state index in [1.165, 1.54) is 11.1 Å². The van der Waals surface area contributed by atoms with Gasteiger partial charge in [0.2, 0.25) is 5.91 Å². The maximum Gasteiger partial charge on any atom is 0.241 e. The Bertz CT molecular complexity index is 453. The Balaban J connectivity index is 0.00000200. The molecule has 1 aromatic carbocycles. The van der Waals surface area contributed by atoms with Gasteiger partial charge >= 0.3 is 0 Å². The first-order valence-electron chi connectivity index (χ1n) is 6.72. The van der Waals surface area contributed by atoms with Gasteiger partial charge in [0.25, 0.3) is 0 Å². The molecule has 0 saturated carbocycles. The van der Waals surface area contributed by atoms with Crippen molar-refractivity contribution in [2.45, 2.75) is 25.3 Å². The SMILES string of the molecule is COCC(N)C(=O)N1CCC(c2ccccc2C)C1.Cl. The molecule has 0 spiro atoms. The molecule has 1 fully saturated rings. The number of aryl methyl sites for hydroxylation is 1. The average Bonchev–Trinajstić information content (AvgIpc) is 2.88. The lowest BCUT2D eigenvalue weighted by Gasteiger charge is -2.21. The van der Waals surface area contributed by atoms with Crippen LogP contribution in [0.15, 0.2) is 24.3 Å². The summed E-state index contributed by atoms with van der Waals surface area (Å²) in [5.74, 6) is 0.429. The molecular weight excluding hydrogens is 276 g/mol. The molecular formula is C15H23ClN2O2. The van der Waals surface area contributed by atoms with Gasteiger partial charge in [-0.15, -0.1) is 12.4 Å². The highest BCUT2D eigenvalue weighted by Crippen LogP contribution is 2.29. The van der Waals surface area contributed by atoms with E-state index in [1.807, 2.05) is 11.0 Å². The summed E-state index contributed by atoms with van der Waals surface area (Å²) in [5.41, 5.74) is 8.45. The van der Waals surface area contributed by atoms with Gasteiger partial charge in [0.15, 0.2) is 0 Å². The Labute approximate surface area is 126 Å². The van der Waals surface area contributed by atoms with Crippen molar-refractivity contribution in [1.29, 1.82) is 0 Å². The third-order valence-corrected chi connectivity index (χ3v) is 3.79. The van der Waals surface area contributed by atoms with Crippen molar-refractivity contribution in [2.75, 3.05) is 26.8 Å². The number of rotatable bonds is 4. The zero-order valence-corrected chi connectivity index (χ0v) is 12.9. The van der Waals surface area contributed by atoms with E-state index in [1.54, 1.807) is 7.11 Å². The summed E-state index contributed by atoms with van der Waals surface area (Å²) in [6.45, 7) is 3.96. The molecule has 0 radical (unpaired) electrons. The van der Waals surface area contributed by atoms with Gasteiger partial charge in [-0.3, -0.25) is 4.79 Å². The smallest absolute Gasteiger partial charge is 0.241 e. The molecule has 5 heteroatoms. The number of hydrogen-bond donors (Lipinski definition) is 1. The van der Waals surface area contributed by atoms with Crippen LogP contribution in [0.4, 0.5) is 0 Å². The van der Waals surface area contributed by atoms with Crippen LogP contribution >= 0.6 is 12.4 Å². The van der Waals surface area contributed by atoms with Gasteiger partial charge in [0.1, 0.15) is 6.04 Å². The topological polar surface area (TPSA) is 55.6 Å². The molecule has 1 aliphatic rings. The van der Waals surface area contributed by atoms with Gasteiger partial charge in [0, 0.05) is 26.1 Å². The first-order valence-corrected chi connectivity index (χ1v) is 6.72. The Hall–Kier alpha value is -1.10. The number of carbonyl (C=O) groups excluding carboxylic acids is 1. The van der Waals surface area contributed by atoms with Crippen LogP contribution in [-0.2, 0) is 9.53 Å². The van der Waals surface area contributed by atoms with Crippen molar-refractivity contribution in [2.24, 2.45) is 5.73 Å². The first kappa shape index (κ1) is 17.0. The summed E-state index contributed by atoms with van der Waals surface area (Å²) in [4.78, 5) is 14.0. The van der Waals surface area contributed by atoms with Crippen molar-refractivity contribution in [3.63, 3.8) is 0 Å². The van der Waals surface area contributed by atoms with Gasteiger partial charge in [-0.05, 0) is 24.5 Å². The van der Waals surface area contributed by atoms with Crippen molar-refractivity contribution in [3.8, 4) is 0 Å². The molecule has 20 heavy (non-hydrogen) atoms. The molecule has 2 atom stereocenters. The van der Waals surface area contributed by atoms with Crippen LogP contribution in [0.2, 0.25) is 0 Å². The molecule has 4 nitrogen and oxygen atoms in total. The number of halogens is 1. The summed E-state index contributed by atoms with van der Waals surface area (Å²) in [7, 11) is 1.56. The molecule has 112 valence electrons. The van der Waals surface area contributed by atoms with Crippen LogP contribution < -0.4 is 5.73 Å². The number of ether oxygens (including phenoxy) is 1. The van der Waals surface area contributed by atoms with E-state index in [-0.39, 0.29) is 24.9 Å². The number of nitrogens with two attached hydrogens (primary N) is 1. The molecule has 0 bridgehead atoms. The number of amides is 1. The summed E-state index contributed by atoms with van der Waals surface area (Å²) < 4.78 is 4.94. The highest BCUT2D eigenvalue weighted by molar-refractivity contribution is 5.85. The predicted molar refractivity (Wildman–Crippen MR) is 82.2 cm³/mol. The van der Waals surface area contributed by atoms with Crippen LogP contribution in [0.3, 0.4) is 0 Å². The molecule has 1 aliphatic heterocycles. The zero-order chi connectivity index (χ0) is 13.8. The van der Waals surface area contributed by atoms with E-state index in [9.17, 15) is 4.79 Å². The number of methoxy groups -OCH3 is 1. The van der Waals surface area contributed by atoms with Crippen molar-refractivity contribution in [3.05, 3.63) is 35.4 Å². The van der Waals surface area contributed by atoms with E-state index in [0.717, 1.165) is 19.5 Å². The van der Waals surface area contributed by atoms with Gasteiger partial charge in [-0.2, -0.15) is 0 Å². The van der Waals surface area contributed by atoms with Crippen LogP contribution in [0.25, 0.3) is 0 Å². The Morgan fingerprint density at radius 3 is 2.85 bits per heavy atom. The zero-order valence-electron chi connectivity index (χ0n) is 12.0. The molecule has 1 heterocycles. The molecule has 2 N–H and O–H groups in total. The number of likely N-dealkylation sites (tertiary alicyclic amines) is 1. The van der Waals surface area contributed by atoms with Crippen LogP contribution in [0.5, 0.6) is 0 Å². The van der Waals surface area contributed by atoms with E-state index in [0.29, 0.717) is 5.92 Å². The molecule has 2 rings (SSSR count). The summed E-state index contributed by atoms with van der Waals surface area (Å²) in [6.07, 6.45) is 1.01. The average molecular weight is 299 g/mol. The van der Waals surface area contributed by atoms with E-state index in [4.69, 9.17) is 10.5 Å². The second kappa shape index (κ2) is 7.62. The summed E-state index contributed by atoms with van der Waals surface area (Å²) in [5, 5.41) is 0. The molecule has 1 aromatic rings. The van der Waals surface area contributed by atoms with Crippen molar-refractivity contribution < 1.29 is 9.53 Å². The van der Waals surface area contributed by atoms with Gasteiger partial charge < -0.3 is 15.4 Å². The molecule has 0 aliphatic carbocycles. The molecule has 2 unspecified atom stereocenters. The number of carbonyl (C=O) groups is 1. The van der Waals surface area contributed by atoms with Crippen molar-refractivity contribution >= 4 is 18.3 Å². The normalized spacial score (nSPS) is 19.6. The summed E-state index contributed by atoms with van der Waals surface area (Å²) in [6, 6.07) is 7.84. The highest BCUT2D eigenvalue weighted by atomic mass is 35.5. The minimum Gasteiger partial charge on any atom is -0.383 e. The third kappa shape index (κ3) is 3.72. The lowest BCUT2D eigenvalue weighted by atomic mass is 9.94. The minimum absolute atomic E-state index is 0. The maximum absolute atomic E-state index is 12.1. The maximum atomic E-state index is 12.1. The number of benzene rings is 1. The second-order valence-electron chi connectivity index (χ2n) is 5.19. The van der Waals surface area contributed by atoms with Gasteiger partial charge in [-0.1, -0.05) is 24.3 Å². The number of hydrogen-bond acceptors (Lipinski definition) is 3. The van der Waals surface area contributed by atoms with E-state index in [2.05, 4.69) is 25.1 Å². The minimum atomic E-state index is -0.541. The van der Waals surface area contributed by atoms with Crippen LogP contribution in [0, 0.1) is 6.92 Å². The largest absolute Gasteiger partial charge is 0.383 e. The highest BCUT2D eigenvalue weighted by Gasteiger charge is 2.30. The fourth-order valence-electron chi connectivity index (χ4n) is 2.74. The fraction of sp³-hybridized carbons (Fsp3) is 0.533. The van der Waals surface area contributed by atoms with Gasteiger partial charge in [-0.25, -0.2) is 0 Å². The van der Waals surface area contributed by atoms with E-state index >= 15 is 0 Å². The Morgan fingerprint density at radius 2 is 2.20 bits per heavy atom. The number of nitrogens with zero attached hydrogens (tertiary/aromatic N) is 1. The van der Waals surface area contributed by atoms with Crippen LogP contribution in [-0.4, -0.2) is 43.7 Å². The quantitative estimate of drug-likeness (QED) is 0.920. The second-order valence-corrected chi connectivity index (χ2v) is 5.19. The predicted octanol–water partition coefficient (Wildman–Crippen LogP) is 1.71. The fourth-order valence-corrected chi connectivity index (χ4v) is 2.74. The lowest BCUT2D eigenvalue weighted by Crippen LogP contribution is -2.45. The molecule has 1 saturated heterocycles. The van der Waals surface area contributed by atoms with Crippen molar-refractivity contribution in [1.82, 2.24) is 4.90 Å². The first-order chi connectivity index (χ1) is 9.13. The summed E-state index contributed by atoms with van der Waals surface area (Å²) >= 11 is 0. The Kier molecular flexibility index (Phi) is 6.46. The Morgan fingerprint density at radius 1 is 1.50 bits per heavy atom. The lowest BCUT2D eigenvalue weighted by molar-refractivity contribution is -0.132. The molecule has 1 amide bonds.